The second-order valence-corrected chi connectivity index (χ2v) is 3.65. The van der Waals surface area contributed by atoms with Gasteiger partial charge in [0.2, 0.25) is 5.91 Å². The molecule has 2 bridgehead atoms. The fraction of sp³-hybridized carbons (Fsp3) is 0.667. The molecule has 3 atom stereocenters. The molecule has 2 heteroatoms. The number of allylic oxidation sites excluding steroid dienone is 1. The molecular weight excluding hydrogens is 138 g/mol. The predicted molar refractivity (Wildman–Crippen MR) is 42.7 cm³/mol. The van der Waals surface area contributed by atoms with Crippen molar-refractivity contribution in [2.24, 2.45) is 23.5 Å². The molecular formula is C9H13NO. The van der Waals surface area contributed by atoms with Crippen LogP contribution >= 0.6 is 0 Å². The Bertz CT molecular complexity index is 210. The highest BCUT2D eigenvalue weighted by Crippen LogP contribution is 2.40. The number of carbonyl (C=O) groups is 1. The zero-order chi connectivity index (χ0) is 7.84. The Labute approximate surface area is 66.5 Å². The van der Waals surface area contributed by atoms with Crippen LogP contribution in [0.3, 0.4) is 0 Å². The third-order valence-electron chi connectivity index (χ3n) is 2.94. The van der Waals surface area contributed by atoms with Gasteiger partial charge in [-0.05, 0) is 31.1 Å². The summed E-state index contributed by atoms with van der Waals surface area (Å²) in [6.07, 6.45) is 7.80. The molecule has 0 saturated heterocycles. The van der Waals surface area contributed by atoms with Crippen LogP contribution in [0.15, 0.2) is 12.2 Å². The number of primary amides is 1. The molecule has 11 heavy (non-hydrogen) atoms. The minimum Gasteiger partial charge on any atom is -0.369 e. The van der Waals surface area contributed by atoms with Gasteiger partial charge in [0.1, 0.15) is 0 Å². The Kier molecular flexibility index (Phi) is 1.48. The van der Waals surface area contributed by atoms with Crippen LogP contribution in [-0.4, -0.2) is 5.91 Å². The van der Waals surface area contributed by atoms with Gasteiger partial charge in [-0.2, -0.15) is 0 Å². The monoisotopic (exact) mass is 151 g/mol. The van der Waals surface area contributed by atoms with E-state index in [-0.39, 0.29) is 11.8 Å². The molecule has 1 saturated carbocycles. The van der Waals surface area contributed by atoms with Gasteiger partial charge in [0.05, 0.1) is 5.92 Å². The van der Waals surface area contributed by atoms with Crippen molar-refractivity contribution in [3.63, 3.8) is 0 Å². The summed E-state index contributed by atoms with van der Waals surface area (Å²) in [5.41, 5.74) is 5.26. The maximum Gasteiger partial charge on any atom is 0.224 e. The average molecular weight is 151 g/mol. The first-order valence-corrected chi connectivity index (χ1v) is 4.25. The summed E-state index contributed by atoms with van der Waals surface area (Å²) in [6, 6.07) is 0. The molecule has 2 N–H and O–H groups in total. The molecule has 2 nitrogen and oxygen atoms in total. The first-order chi connectivity index (χ1) is 5.27. The molecule has 0 aromatic rings. The number of amides is 1. The first-order valence-electron chi connectivity index (χ1n) is 4.25. The van der Waals surface area contributed by atoms with Crippen LogP contribution in [0, 0.1) is 17.8 Å². The molecule has 0 heterocycles. The number of rotatable bonds is 1. The third kappa shape index (κ3) is 1.06. The highest BCUT2D eigenvalue weighted by atomic mass is 16.1. The van der Waals surface area contributed by atoms with Gasteiger partial charge in [-0.15, -0.1) is 0 Å². The van der Waals surface area contributed by atoms with Crippen LogP contribution in [0.2, 0.25) is 0 Å². The highest BCUT2D eigenvalue weighted by molar-refractivity contribution is 5.79. The van der Waals surface area contributed by atoms with Crippen LogP contribution in [0.1, 0.15) is 19.3 Å². The van der Waals surface area contributed by atoms with Gasteiger partial charge in [-0.25, -0.2) is 0 Å². The second kappa shape index (κ2) is 2.36. The fourth-order valence-electron chi connectivity index (χ4n) is 2.31. The highest BCUT2D eigenvalue weighted by Gasteiger charge is 2.34. The zero-order valence-electron chi connectivity index (χ0n) is 6.49. The molecule has 0 aliphatic heterocycles. The zero-order valence-corrected chi connectivity index (χ0v) is 6.49. The third-order valence-corrected chi connectivity index (χ3v) is 2.94. The lowest BCUT2D eigenvalue weighted by Gasteiger charge is -2.20. The van der Waals surface area contributed by atoms with Crippen LogP contribution in [0.4, 0.5) is 0 Å². The van der Waals surface area contributed by atoms with Crippen molar-refractivity contribution < 1.29 is 4.79 Å². The van der Waals surface area contributed by atoms with E-state index < -0.39 is 0 Å². The Hall–Kier alpha value is -0.790. The molecule has 0 aromatic carbocycles. The van der Waals surface area contributed by atoms with Crippen molar-refractivity contribution in [2.75, 3.05) is 0 Å². The van der Waals surface area contributed by atoms with Crippen LogP contribution < -0.4 is 5.73 Å². The summed E-state index contributed by atoms with van der Waals surface area (Å²) in [6.45, 7) is 0. The van der Waals surface area contributed by atoms with Gasteiger partial charge in [0, 0.05) is 0 Å². The Balaban J connectivity index is 2.18. The maximum absolute atomic E-state index is 10.9. The van der Waals surface area contributed by atoms with Crippen molar-refractivity contribution in [3.8, 4) is 0 Å². The summed E-state index contributed by atoms with van der Waals surface area (Å²) < 4.78 is 0. The summed E-state index contributed by atoms with van der Waals surface area (Å²) in [4.78, 5) is 10.9. The van der Waals surface area contributed by atoms with Crippen LogP contribution in [0.5, 0.6) is 0 Å². The summed E-state index contributed by atoms with van der Waals surface area (Å²) in [5.74, 6) is 1.19. The molecule has 60 valence electrons. The minimum atomic E-state index is -0.147. The van der Waals surface area contributed by atoms with Gasteiger partial charge >= 0.3 is 0 Å². The lowest BCUT2D eigenvalue weighted by Crippen LogP contribution is -2.28. The van der Waals surface area contributed by atoms with E-state index in [9.17, 15) is 4.79 Å². The van der Waals surface area contributed by atoms with Gasteiger partial charge in [-0.1, -0.05) is 12.2 Å². The normalized spacial score (nSPS) is 40.9. The molecule has 0 radical (unpaired) electrons. The number of nitrogens with two attached hydrogens (primary N) is 1. The predicted octanol–water partition coefficient (Wildman–Crippen LogP) is 1.07. The number of hydrogen-bond donors (Lipinski definition) is 1. The quantitative estimate of drug-likeness (QED) is 0.560. The number of fused-ring (bicyclic) bond motifs is 2. The summed E-state index contributed by atoms with van der Waals surface area (Å²) >= 11 is 0. The topological polar surface area (TPSA) is 43.1 Å². The number of hydrogen-bond acceptors (Lipinski definition) is 1. The Morgan fingerprint density at radius 2 is 2.18 bits per heavy atom. The molecule has 0 aromatic heterocycles. The molecule has 3 unspecified atom stereocenters. The first kappa shape index (κ1) is 6.89. The molecule has 1 fully saturated rings. The van der Waals surface area contributed by atoms with Gasteiger partial charge in [-0.3, -0.25) is 4.79 Å². The maximum atomic E-state index is 10.9. The van der Waals surface area contributed by atoms with E-state index >= 15 is 0 Å². The summed E-state index contributed by atoms with van der Waals surface area (Å²) in [5, 5.41) is 0. The van der Waals surface area contributed by atoms with Crippen molar-refractivity contribution in [3.05, 3.63) is 12.2 Å². The SMILES string of the molecule is NC(=O)C1C=CC2CCC1C2. The number of carbonyl (C=O) groups excluding carboxylic acids is 1. The lowest BCUT2D eigenvalue weighted by atomic mass is 9.85. The van der Waals surface area contributed by atoms with Gasteiger partial charge in [0.15, 0.2) is 0 Å². The van der Waals surface area contributed by atoms with E-state index in [2.05, 4.69) is 6.08 Å². The minimum absolute atomic E-state index is 0.0359. The molecule has 0 spiro atoms. The van der Waals surface area contributed by atoms with Gasteiger partial charge < -0.3 is 5.73 Å². The standard InChI is InChI=1S/C9H13NO/c10-9(11)8-4-2-6-1-3-7(8)5-6/h2,4,6-8H,1,3,5H2,(H2,10,11). The lowest BCUT2D eigenvalue weighted by molar-refractivity contribution is -0.121. The average Bonchev–Trinajstić information content (AvgIpc) is 2.32. The van der Waals surface area contributed by atoms with Crippen molar-refractivity contribution in [1.29, 1.82) is 0 Å². The Morgan fingerprint density at radius 3 is 2.91 bits per heavy atom. The fourth-order valence-corrected chi connectivity index (χ4v) is 2.31. The van der Waals surface area contributed by atoms with Crippen LogP contribution in [-0.2, 0) is 4.79 Å². The molecule has 2 aliphatic rings. The van der Waals surface area contributed by atoms with E-state index in [0.717, 1.165) is 5.92 Å². The molecule has 1 amide bonds. The second-order valence-electron chi connectivity index (χ2n) is 3.65. The van der Waals surface area contributed by atoms with Crippen LogP contribution in [0.25, 0.3) is 0 Å². The smallest absolute Gasteiger partial charge is 0.224 e. The van der Waals surface area contributed by atoms with Gasteiger partial charge in [0.25, 0.3) is 0 Å². The molecule has 2 aliphatic carbocycles. The van der Waals surface area contributed by atoms with E-state index in [1.807, 2.05) is 6.08 Å². The van der Waals surface area contributed by atoms with Crippen molar-refractivity contribution in [2.45, 2.75) is 19.3 Å². The largest absolute Gasteiger partial charge is 0.369 e. The Morgan fingerprint density at radius 1 is 1.36 bits per heavy atom. The van der Waals surface area contributed by atoms with Crippen molar-refractivity contribution in [1.82, 2.24) is 0 Å². The van der Waals surface area contributed by atoms with E-state index in [1.165, 1.54) is 19.3 Å². The van der Waals surface area contributed by atoms with E-state index in [4.69, 9.17) is 5.73 Å². The van der Waals surface area contributed by atoms with E-state index in [0.29, 0.717) is 5.92 Å². The molecule has 2 rings (SSSR count). The summed E-state index contributed by atoms with van der Waals surface area (Å²) in [7, 11) is 0. The van der Waals surface area contributed by atoms with Crippen molar-refractivity contribution >= 4 is 5.91 Å². The van der Waals surface area contributed by atoms with E-state index in [1.54, 1.807) is 0 Å².